The zero-order valence-electron chi connectivity index (χ0n) is 12.7. The maximum Gasteiger partial charge on any atom is 0.0792 e. The predicted molar refractivity (Wildman–Crippen MR) is 98.2 cm³/mol. The Morgan fingerprint density at radius 2 is 1.18 bits per heavy atom. The molecule has 0 aliphatic heterocycles. The van der Waals surface area contributed by atoms with Gasteiger partial charge in [-0.25, -0.2) is 0 Å². The van der Waals surface area contributed by atoms with Crippen molar-refractivity contribution in [3.8, 4) is 0 Å². The summed E-state index contributed by atoms with van der Waals surface area (Å²) in [6, 6.07) is 22.4. The van der Waals surface area contributed by atoms with Gasteiger partial charge in [-0.15, -0.1) is 0 Å². The summed E-state index contributed by atoms with van der Waals surface area (Å²) in [5.41, 5.74) is 4.03. The molecule has 0 N–H and O–H groups in total. The Morgan fingerprint density at radius 1 is 0.682 bits per heavy atom. The van der Waals surface area contributed by atoms with E-state index in [1.807, 2.05) is 0 Å². The van der Waals surface area contributed by atoms with Crippen LogP contribution in [0.5, 0.6) is 0 Å². The summed E-state index contributed by atoms with van der Waals surface area (Å²) in [6.45, 7) is 4.75. The van der Waals surface area contributed by atoms with E-state index in [0.717, 1.165) is 0 Å². The largest absolute Gasteiger partial charge is 0.308 e. The molecule has 3 aromatic carbocycles. The van der Waals surface area contributed by atoms with Crippen LogP contribution in [0.3, 0.4) is 0 Å². The second-order valence-electron chi connectivity index (χ2n) is 6.29. The highest BCUT2D eigenvalue weighted by atomic mass is 28.3. The first kappa shape index (κ1) is 12.2. The van der Waals surface area contributed by atoms with Crippen LogP contribution in [0, 0.1) is 0 Å². The molecule has 0 spiro atoms. The Hall–Kier alpha value is -2.32. The zero-order chi connectivity index (χ0) is 14.8. The lowest BCUT2D eigenvalue weighted by atomic mass is 10.1. The highest BCUT2D eigenvalue weighted by Crippen LogP contribution is 2.38. The van der Waals surface area contributed by atoms with Gasteiger partial charge in [0, 0.05) is 21.5 Å². The fourth-order valence-corrected chi connectivity index (χ4v) is 4.60. The normalized spacial score (nSPS) is 12.5. The van der Waals surface area contributed by atoms with Crippen LogP contribution >= 0.6 is 0 Å². The van der Waals surface area contributed by atoms with Crippen molar-refractivity contribution in [3.05, 3.63) is 60.7 Å². The molecule has 2 heteroatoms. The molecular formula is C20H16NSi. The second-order valence-corrected chi connectivity index (χ2v) is 8.87. The van der Waals surface area contributed by atoms with Crippen LogP contribution in [-0.4, -0.2) is 13.2 Å². The molecule has 0 saturated heterocycles. The molecule has 0 aliphatic carbocycles. The van der Waals surface area contributed by atoms with Crippen LogP contribution in [0.15, 0.2) is 60.7 Å². The lowest BCUT2D eigenvalue weighted by molar-refractivity contribution is 1.37. The van der Waals surface area contributed by atoms with Gasteiger partial charge in [0.05, 0.1) is 25.3 Å². The fraction of sp³-hybridized carbons (Fsp3) is 0.100. The maximum absolute atomic E-state index is 2.44. The predicted octanol–water partition coefficient (Wildman–Crippen LogP) is 4.80. The number of hydrogen-bond donors (Lipinski definition) is 0. The summed E-state index contributed by atoms with van der Waals surface area (Å²) >= 11 is 0. The molecule has 0 fully saturated rings. The van der Waals surface area contributed by atoms with Gasteiger partial charge in [-0.1, -0.05) is 66.8 Å². The van der Waals surface area contributed by atoms with Gasteiger partial charge in [-0.3, -0.25) is 0 Å². The fourth-order valence-electron chi connectivity index (χ4n) is 3.74. The van der Waals surface area contributed by atoms with E-state index in [0.29, 0.717) is 0 Å². The molecule has 5 aromatic rings. The number of hydrogen-bond acceptors (Lipinski definition) is 0. The van der Waals surface area contributed by atoms with Gasteiger partial charge in [-0.05, 0) is 12.1 Å². The van der Waals surface area contributed by atoms with E-state index in [1.165, 1.54) is 43.3 Å². The van der Waals surface area contributed by atoms with Crippen LogP contribution in [0.25, 0.3) is 38.1 Å². The van der Waals surface area contributed by atoms with E-state index in [4.69, 9.17) is 0 Å². The van der Waals surface area contributed by atoms with Crippen LogP contribution in [0.1, 0.15) is 0 Å². The molecule has 5 rings (SSSR count). The molecule has 0 saturated carbocycles. The maximum atomic E-state index is 2.44. The molecule has 2 heterocycles. The number of para-hydroxylation sites is 2. The second kappa shape index (κ2) is 4.11. The van der Waals surface area contributed by atoms with Gasteiger partial charge in [0.1, 0.15) is 0 Å². The number of nitrogens with zero attached hydrogens (tertiary/aromatic N) is 1. The smallest absolute Gasteiger partial charge is 0.0792 e. The highest BCUT2D eigenvalue weighted by molar-refractivity contribution is 6.71. The Kier molecular flexibility index (Phi) is 2.29. The molecule has 22 heavy (non-hydrogen) atoms. The van der Waals surface area contributed by atoms with Gasteiger partial charge >= 0.3 is 0 Å². The van der Waals surface area contributed by atoms with E-state index in [2.05, 4.69) is 78.2 Å². The third-order valence-corrected chi connectivity index (χ3v) is 6.22. The van der Waals surface area contributed by atoms with Gasteiger partial charge in [-0.2, -0.15) is 0 Å². The monoisotopic (exact) mass is 298 g/mol. The van der Waals surface area contributed by atoms with E-state index < -0.39 is 8.80 Å². The van der Waals surface area contributed by atoms with Crippen molar-refractivity contribution in [2.24, 2.45) is 0 Å². The Morgan fingerprint density at radius 3 is 1.68 bits per heavy atom. The van der Waals surface area contributed by atoms with Crippen LogP contribution in [-0.2, 0) is 0 Å². The minimum absolute atomic E-state index is 0.468. The molecule has 2 aromatic heterocycles. The van der Waals surface area contributed by atoms with E-state index in [1.54, 1.807) is 0 Å². The number of rotatable bonds is 1. The third kappa shape index (κ3) is 1.38. The van der Waals surface area contributed by atoms with Gasteiger partial charge < -0.3 is 4.40 Å². The van der Waals surface area contributed by atoms with Gasteiger partial charge in [0.2, 0.25) is 0 Å². The molecule has 1 radical (unpaired) electrons. The molecule has 0 aliphatic rings. The molecule has 0 atom stereocenters. The van der Waals surface area contributed by atoms with Crippen LogP contribution in [0.2, 0.25) is 13.1 Å². The summed E-state index contributed by atoms with van der Waals surface area (Å²) in [5.74, 6) is 0. The number of benzene rings is 3. The molecule has 0 bridgehead atoms. The SMILES string of the molecule is C[Si](C)c1cc2c3ccccc3n3c4ccccc4c(c1)c23. The molecule has 1 nitrogen and oxygen atoms in total. The first-order chi connectivity index (χ1) is 10.8. The van der Waals surface area contributed by atoms with Crippen molar-refractivity contribution in [1.29, 1.82) is 0 Å². The molecule has 0 unspecified atom stereocenters. The van der Waals surface area contributed by atoms with E-state index >= 15 is 0 Å². The average molecular weight is 298 g/mol. The van der Waals surface area contributed by atoms with Crippen molar-refractivity contribution in [2.75, 3.05) is 0 Å². The van der Waals surface area contributed by atoms with Gasteiger partial charge in [0.15, 0.2) is 0 Å². The van der Waals surface area contributed by atoms with E-state index in [-0.39, 0.29) is 0 Å². The number of aromatic nitrogens is 1. The quantitative estimate of drug-likeness (QED) is 0.392. The van der Waals surface area contributed by atoms with Crippen molar-refractivity contribution < 1.29 is 0 Å². The molecular weight excluding hydrogens is 282 g/mol. The lowest BCUT2D eigenvalue weighted by Crippen LogP contribution is -2.21. The van der Waals surface area contributed by atoms with Crippen molar-refractivity contribution in [1.82, 2.24) is 4.40 Å². The minimum atomic E-state index is -0.468. The standard InChI is InChI=1S/C20H16NSi/c1-22(2)13-11-16-14-7-3-5-9-18(14)21-19-10-6-4-8-15(19)17(12-13)20(16)21/h3-12H,1-2H3. The van der Waals surface area contributed by atoms with Gasteiger partial charge in [0.25, 0.3) is 0 Å². The number of fused-ring (bicyclic) bond motifs is 6. The summed E-state index contributed by atoms with van der Waals surface area (Å²) in [7, 11) is -0.468. The van der Waals surface area contributed by atoms with Crippen molar-refractivity contribution >= 4 is 52.1 Å². The summed E-state index contributed by atoms with van der Waals surface area (Å²) in [4.78, 5) is 0. The van der Waals surface area contributed by atoms with Crippen molar-refractivity contribution in [2.45, 2.75) is 13.1 Å². The van der Waals surface area contributed by atoms with Crippen molar-refractivity contribution in [3.63, 3.8) is 0 Å². The first-order valence-electron chi connectivity index (χ1n) is 7.73. The minimum Gasteiger partial charge on any atom is -0.308 e. The Labute approximate surface area is 130 Å². The molecule has 0 amide bonds. The van der Waals surface area contributed by atoms with Crippen LogP contribution < -0.4 is 5.19 Å². The third-order valence-electron chi connectivity index (χ3n) is 4.78. The summed E-state index contributed by atoms with van der Waals surface area (Å²) in [5, 5.41) is 7.08. The Bertz CT molecular complexity index is 1070. The van der Waals surface area contributed by atoms with Crippen LogP contribution in [0.4, 0.5) is 0 Å². The zero-order valence-corrected chi connectivity index (χ0v) is 13.7. The summed E-state index contributed by atoms with van der Waals surface area (Å²) < 4.78 is 2.44. The summed E-state index contributed by atoms with van der Waals surface area (Å²) in [6.07, 6.45) is 0. The molecule has 105 valence electrons. The Balaban J connectivity index is 2.19. The first-order valence-corrected chi connectivity index (χ1v) is 10.2. The van der Waals surface area contributed by atoms with E-state index in [9.17, 15) is 0 Å². The average Bonchev–Trinajstić information content (AvgIpc) is 3.05. The topological polar surface area (TPSA) is 4.41 Å². The highest BCUT2D eigenvalue weighted by Gasteiger charge is 2.18. The lowest BCUT2D eigenvalue weighted by Gasteiger charge is -2.05.